The lowest BCUT2D eigenvalue weighted by molar-refractivity contribution is 1.30. The number of rotatable bonds is 4. The first kappa shape index (κ1) is 26.9. The van der Waals surface area contributed by atoms with E-state index in [1.54, 1.807) is 6.07 Å². The van der Waals surface area contributed by atoms with Crippen LogP contribution in [-0.2, 0) is 0 Å². The number of benzene rings is 6. The zero-order valence-corrected chi connectivity index (χ0v) is 24.5. The minimum absolute atomic E-state index is 0.416. The molecule has 6 aromatic carbocycles. The Morgan fingerprint density at radius 1 is 0.413 bits per heavy atom. The summed E-state index contributed by atoms with van der Waals surface area (Å²) in [4.78, 5) is 16.0. The standard InChI is InChI=1S/C41H23N5/c42-24-26-20-27(25-43)22-31(21-26)33-23-35-41(46-40(30-16-8-3-9-17-30)39(45-35)29-14-6-2-7-15-29)37-36(33)32-18-10-11-19-34(32)44-38(37)28-12-4-1-5-13-28/h1-23H. The Morgan fingerprint density at radius 2 is 0.913 bits per heavy atom. The van der Waals surface area contributed by atoms with Gasteiger partial charge in [-0.2, -0.15) is 10.5 Å². The molecule has 0 fully saturated rings. The molecule has 0 N–H and O–H groups in total. The van der Waals surface area contributed by atoms with Crippen molar-refractivity contribution in [2.24, 2.45) is 0 Å². The summed E-state index contributed by atoms with van der Waals surface area (Å²) in [6, 6.07) is 50.2. The first-order valence-electron chi connectivity index (χ1n) is 14.9. The number of nitriles is 2. The lowest BCUT2D eigenvalue weighted by Crippen LogP contribution is -2.00. The second-order valence-electron chi connectivity index (χ2n) is 11.1. The molecule has 0 aliphatic heterocycles. The van der Waals surface area contributed by atoms with Gasteiger partial charge in [-0.15, -0.1) is 0 Å². The molecule has 0 aliphatic carbocycles. The van der Waals surface area contributed by atoms with E-state index in [1.165, 1.54) is 0 Å². The largest absolute Gasteiger partial charge is 0.247 e. The minimum Gasteiger partial charge on any atom is -0.247 e. The molecule has 8 aromatic rings. The van der Waals surface area contributed by atoms with Gasteiger partial charge in [-0.25, -0.2) is 15.0 Å². The van der Waals surface area contributed by atoms with Crippen molar-refractivity contribution in [3.63, 3.8) is 0 Å². The molecule has 2 heterocycles. The maximum absolute atomic E-state index is 9.89. The second kappa shape index (κ2) is 11.1. The van der Waals surface area contributed by atoms with Crippen LogP contribution in [0.25, 0.3) is 77.6 Å². The molecular formula is C41H23N5. The average molecular weight is 586 g/mol. The Bertz CT molecular complexity index is 2500. The third-order valence-corrected chi connectivity index (χ3v) is 8.25. The van der Waals surface area contributed by atoms with Gasteiger partial charge in [0.25, 0.3) is 0 Å². The average Bonchev–Trinajstić information content (AvgIpc) is 3.14. The first-order valence-corrected chi connectivity index (χ1v) is 14.9. The van der Waals surface area contributed by atoms with Gasteiger partial charge in [0, 0.05) is 32.8 Å². The van der Waals surface area contributed by atoms with Gasteiger partial charge in [-0.1, -0.05) is 109 Å². The van der Waals surface area contributed by atoms with E-state index in [-0.39, 0.29) is 0 Å². The highest BCUT2D eigenvalue weighted by Gasteiger charge is 2.22. The zero-order valence-electron chi connectivity index (χ0n) is 24.5. The van der Waals surface area contributed by atoms with Gasteiger partial charge in [0.05, 0.1) is 56.9 Å². The van der Waals surface area contributed by atoms with Gasteiger partial charge in [0.15, 0.2) is 0 Å². The Balaban J connectivity index is 1.62. The molecule has 0 bridgehead atoms. The van der Waals surface area contributed by atoms with Crippen LogP contribution in [-0.4, -0.2) is 15.0 Å². The van der Waals surface area contributed by atoms with E-state index in [4.69, 9.17) is 15.0 Å². The molecular weight excluding hydrogens is 562 g/mol. The van der Waals surface area contributed by atoms with Crippen LogP contribution in [0.3, 0.4) is 0 Å². The van der Waals surface area contributed by atoms with Crippen LogP contribution in [0.5, 0.6) is 0 Å². The Kier molecular flexibility index (Phi) is 6.49. The topological polar surface area (TPSA) is 86.2 Å². The maximum atomic E-state index is 9.89. The fraction of sp³-hybridized carbons (Fsp3) is 0. The summed E-state index contributed by atoms with van der Waals surface area (Å²) in [5.74, 6) is 0. The summed E-state index contributed by atoms with van der Waals surface area (Å²) in [5, 5.41) is 22.5. The quantitative estimate of drug-likeness (QED) is 0.192. The normalized spacial score (nSPS) is 11.0. The van der Waals surface area contributed by atoms with Gasteiger partial charge in [-0.05, 0) is 41.5 Å². The molecule has 2 aromatic heterocycles. The molecule has 0 saturated carbocycles. The maximum Gasteiger partial charge on any atom is 0.0995 e. The first-order chi connectivity index (χ1) is 22.7. The molecule has 0 unspecified atom stereocenters. The van der Waals surface area contributed by atoms with E-state index < -0.39 is 0 Å². The van der Waals surface area contributed by atoms with Crippen molar-refractivity contribution >= 4 is 32.7 Å². The van der Waals surface area contributed by atoms with Gasteiger partial charge < -0.3 is 0 Å². The molecule has 0 aliphatic rings. The minimum atomic E-state index is 0.416. The van der Waals surface area contributed by atoms with E-state index in [1.807, 2.05) is 103 Å². The Morgan fingerprint density at radius 3 is 1.50 bits per heavy atom. The van der Waals surface area contributed by atoms with Crippen LogP contribution in [0.15, 0.2) is 140 Å². The molecule has 8 rings (SSSR count). The van der Waals surface area contributed by atoms with Crippen molar-refractivity contribution in [2.75, 3.05) is 0 Å². The van der Waals surface area contributed by atoms with Crippen molar-refractivity contribution < 1.29 is 0 Å². The fourth-order valence-electron chi connectivity index (χ4n) is 6.20. The van der Waals surface area contributed by atoms with Gasteiger partial charge in [-0.3, -0.25) is 0 Å². The van der Waals surface area contributed by atoms with E-state index in [2.05, 4.69) is 42.5 Å². The lowest BCUT2D eigenvalue weighted by atomic mass is 9.90. The van der Waals surface area contributed by atoms with Crippen LogP contribution in [0.2, 0.25) is 0 Å². The van der Waals surface area contributed by atoms with Crippen molar-refractivity contribution in [3.8, 4) is 57.0 Å². The number of pyridine rings is 1. The SMILES string of the molecule is N#Cc1cc(C#N)cc(-c2cc3nc(-c4ccccc4)c(-c4ccccc4)nc3c3c(-c4ccccc4)nc4ccccc4c23)c1. The third-order valence-electron chi connectivity index (χ3n) is 8.25. The molecule has 0 saturated heterocycles. The van der Waals surface area contributed by atoms with Crippen molar-refractivity contribution in [3.05, 3.63) is 151 Å². The van der Waals surface area contributed by atoms with Gasteiger partial charge in [0.1, 0.15) is 0 Å². The van der Waals surface area contributed by atoms with Crippen molar-refractivity contribution in [1.29, 1.82) is 10.5 Å². The predicted molar refractivity (Wildman–Crippen MR) is 184 cm³/mol. The van der Waals surface area contributed by atoms with E-state index >= 15 is 0 Å². The van der Waals surface area contributed by atoms with Gasteiger partial charge >= 0.3 is 0 Å². The van der Waals surface area contributed by atoms with Crippen LogP contribution >= 0.6 is 0 Å². The molecule has 46 heavy (non-hydrogen) atoms. The molecule has 0 atom stereocenters. The van der Waals surface area contributed by atoms with E-state index in [0.717, 1.165) is 72.1 Å². The van der Waals surface area contributed by atoms with Crippen molar-refractivity contribution in [1.82, 2.24) is 15.0 Å². The highest BCUT2D eigenvalue weighted by molar-refractivity contribution is 6.25. The molecule has 0 radical (unpaired) electrons. The summed E-state index contributed by atoms with van der Waals surface area (Å²) in [6.45, 7) is 0. The molecule has 212 valence electrons. The number of aromatic nitrogens is 3. The summed E-state index contributed by atoms with van der Waals surface area (Å²) < 4.78 is 0. The lowest BCUT2D eigenvalue weighted by Gasteiger charge is -2.18. The van der Waals surface area contributed by atoms with Crippen LogP contribution < -0.4 is 0 Å². The summed E-state index contributed by atoms with van der Waals surface area (Å²) in [7, 11) is 0. The summed E-state index contributed by atoms with van der Waals surface area (Å²) in [6.07, 6.45) is 0. The number of fused-ring (bicyclic) bond motifs is 5. The van der Waals surface area contributed by atoms with Crippen LogP contribution in [0, 0.1) is 22.7 Å². The predicted octanol–water partition coefficient (Wildman–Crippen LogP) is 9.74. The third kappa shape index (κ3) is 4.52. The summed E-state index contributed by atoms with van der Waals surface area (Å²) in [5.41, 5.74) is 9.90. The van der Waals surface area contributed by atoms with E-state index in [0.29, 0.717) is 16.6 Å². The fourth-order valence-corrected chi connectivity index (χ4v) is 6.20. The number of hydrogen-bond acceptors (Lipinski definition) is 5. The summed E-state index contributed by atoms with van der Waals surface area (Å²) >= 11 is 0. The van der Waals surface area contributed by atoms with E-state index in [9.17, 15) is 10.5 Å². The number of hydrogen-bond donors (Lipinski definition) is 0. The Labute approximate surface area is 265 Å². The molecule has 0 amide bonds. The van der Waals surface area contributed by atoms with Crippen molar-refractivity contribution in [2.45, 2.75) is 0 Å². The zero-order chi connectivity index (χ0) is 31.0. The van der Waals surface area contributed by atoms with Gasteiger partial charge in [0.2, 0.25) is 0 Å². The molecule has 5 nitrogen and oxygen atoms in total. The number of nitrogens with zero attached hydrogens (tertiary/aromatic N) is 5. The highest BCUT2D eigenvalue weighted by atomic mass is 14.8. The highest BCUT2D eigenvalue weighted by Crippen LogP contribution is 2.44. The molecule has 0 spiro atoms. The van der Waals surface area contributed by atoms with Crippen LogP contribution in [0.1, 0.15) is 11.1 Å². The second-order valence-corrected chi connectivity index (χ2v) is 11.1. The Hall–Kier alpha value is -6.69. The molecule has 5 heteroatoms. The smallest absolute Gasteiger partial charge is 0.0995 e. The number of para-hydroxylation sites is 1. The monoisotopic (exact) mass is 585 g/mol. The van der Waals surface area contributed by atoms with Crippen LogP contribution in [0.4, 0.5) is 0 Å².